The second kappa shape index (κ2) is 5.03. The molecule has 0 unspecified atom stereocenters. The summed E-state index contributed by atoms with van der Waals surface area (Å²) in [5.74, 6) is 0. The molecule has 1 aliphatic rings. The van der Waals surface area contributed by atoms with Gasteiger partial charge in [0.2, 0.25) is 0 Å². The van der Waals surface area contributed by atoms with Crippen LogP contribution in [0.15, 0.2) is 60.7 Å². The highest BCUT2D eigenvalue weighted by atomic mass is 35.5. The fourth-order valence-corrected chi connectivity index (χ4v) is 4.18. The summed E-state index contributed by atoms with van der Waals surface area (Å²) >= 11 is 6.98. The Morgan fingerprint density at radius 2 is 1.00 bits per heavy atom. The van der Waals surface area contributed by atoms with Gasteiger partial charge in [0, 0.05) is 0 Å². The van der Waals surface area contributed by atoms with E-state index in [-0.39, 0.29) is 6.13 Å². The Kier molecular flexibility index (Phi) is 3.13. The minimum Gasteiger partial charge on any atom is -0.182 e. The normalized spacial score (nSPS) is 12.2. The molecular formula is C20H16BCl. The molecule has 3 aromatic rings. The van der Waals surface area contributed by atoms with Crippen LogP contribution in [0.5, 0.6) is 0 Å². The van der Waals surface area contributed by atoms with Gasteiger partial charge >= 0.3 is 6.13 Å². The van der Waals surface area contributed by atoms with E-state index in [0.29, 0.717) is 0 Å². The number of fused-ring (bicyclic) bond motifs is 5. The number of hydrogen-bond acceptors (Lipinski definition) is 0. The van der Waals surface area contributed by atoms with Gasteiger partial charge in [0.05, 0.1) is 0 Å². The van der Waals surface area contributed by atoms with Gasteiger partial charge < -0.3 is 0 Å². The molecule has 2 heteroatoms. The van der Waals surface area contributed by atoms with E-state index in [4.69, 9.17) is 11.5 Å². The molecule has 4 rings (SSSR count). The minimum absolute atomic E-state index is 0.111. The highest BCUT2D eigenvalue weighted by molar-refractivity contribution is 7.22. The molecule has 0 amide bonds. The van der Waals surface area contributed by atoms with Crippen LogP contribution in [0.3, 0.4) is 0 Å². The van der Waals surface area contributed by atoms with E-state index in [1.54, 1.807) is 0 Å². The van der Waals surface area contributed by atoms with Gasteiger partial charge in [-0.25, -0.2) is 0 Å². The van der Waals surface area contributed by atoms with E-state index < -0.39 is 0 Å². The lowest BCUT2D eigenvalue weighted by atomic mass is 9.57. The first-order chi connectivity index (χ1) is 10.7. The van der Waals surface area contributed by atoms with Crippen molar-refractivity contribution in [1.82, 2.24) is 0 Å². The van der Waals surface area contributed by atoms with Crippen molar-refractivity contribution in [2.75, 3.05) is 0 Å². The van der Waals surface area contributed by atoms with Crippen molar-refractivity contribution in [3.63, 3.8) is 0 Å². The molecule has 22 heavy (non-hydrogen) atoms. The maximum atomic E-state index is 6.98. The van der Waals surface area contributed by atoms with Crippen molar-refractivity contribution < 1.29 is 0 Å². The molecule has 0 spiro atoms. The molecule has 0 N–H and O–H groups in total. The highest BCUT2D eigenvalue weighted by Crippen LogP contribution is 2.34. The Bertz CT molecular complexity index is 810. The molecule has 106 valence electrons. The Morgan fingerprint density at radius 1 is 0.591 bits per heavy atom. The number of halogens is 1. The smallest absolute Gasteiger partial charge is 0.182 e. The number of benzene rings is 3. The molecule has 0 saturated heterocycles. The van der Waals surface area contributed by atoms with Gasteiger partial charge in [-0.05, 0) is 47.0 Å². The SMILES string of the molecule is Cc1cccc2c1B(Cl)c1c(C)cccc1-c1ccccc1-2. The van der Waals surface area contributed by atoms with E-state index in [0.717, 1.165) is 0 Å². The van der Waals surface area contributed by atoms with Crippen molar-refractivity contribution in [3.8, 4) is 22.3 Å². The van der Waals surface area contributed by atoms with Crippen LogP contribution in [0.1, 0.15) is 11.1 Å². The standard InChI is InChI=1S/C20H16BCl/c1-13-7-5-11-17-15-9-3-4-10-16(15)18-12-6-8-14(2)20(18)21(22)19(13)17/h3-12H,1-2H3. The van der Waals surface area contributed by atoms with Gasteiger partial charge in [0.15, 0.2) is 0 Å². The minimum atomic E-state index is -0.111. The third kappa shape index (κ3) is 1.86. The van der Waals surface area contributed by atoms with Crippen LogP contribution in [0.4, 0.5) is 0 Å². The predicted octanol–water partition coefficient (Wildman–Crippen LogP) is 4.30. The van der Waals surface area contributed by atoms with Crippen molar-refractivity contribution in [1.29, 1.82) is 0 Å². The zero-order chi connectivity index (χ0) is 15.3. The summed E-state index contributed by atoms with van der Waals surface area (Å²) < 4.78 is 0. The number of rotatable bonds is 0. The second-order valence-corrected chi connectivity index (χ2v) is 6.42. The molecule has 0 aromatic heterocycles. The van der Waals surface area contributed by atoms with E-state index in [1.807, 2.05) is 0 Å². The molecule has 3 aromatic carbocycles. The fourth-order valence-electron chi connectivity index (χ4n) is 3.60. The summed E-state index contributed by atoms with van der Waals surface area (Å²) in [6, 6.07) is 21.6. The van der Waals surface area contributed by atoms with E-state index >= 15 is 0 Å². The Labute approximate surface area is 136 Å². The zero-order valence-electron chi connectivity index (χ0n) is 12.7. The van der Waals surface area contributed by atoms with Crippen molar-refractivity contribution in [2.24, 2.45) is 0 Å². The van der Waals surface area contributed by atoms with Gasteiger partial charge in [-0.15, -0.1) is 0 Å². The Balaban J connectivity index is 2.21. The summed E-state index contributed by atoms with van der Waals surface area (Å²) in [4.78, 5) is 0. The first-order valence-electron chi connectivity index (χ1n) is 7.61. The molecule has 0 fully saturated rings. The van der Waals surface area contributed by atoms with Crippen LogP contribution in [-0.2, 0) is 0 Å². The lowest BCUT2D eigenvalue weighted by molar-refractivity contribution is 1.51. The Morgan fingerprint density at radius 3 is 1.45 bits per heavy atom. The van der Waals surface area contributed by atoms with Crippen molar-refractivity contribution >= 4 is 28.5 Å². The second-order valence-electron chi connectivity index (χ2n) is 5.98. The lowest BCUT2D eigenvalue weighted by Gasteiger charge is -2.15. The van der Waals surface area contributed by atoms with Crippen molar-refractivity contribution in [2.45, 2.75) is 13.8 Å². The summed E-state index contributed by atoms with van der Waals surface area (Å²) in [5, 5.41) is 0. The molecule has 0 aliphatic carbocycles. The van der Waals surface area contributed by atoms with Gasteiger partial charge in [-0.1, -0.05) is 71.8 Å². The van der Waals surface area contributed by atoms with Crippen LogP contribution < -0.4 is 10.9 Å². The third-order valence-corrected chi connectivity index (χ3v) is 5.10. The van der Waals surface area contributed by atoms with Gasteiger partial charge in [0.1, 0.15) is 0 Å². The average Bonchev–Trinajstić information content (AvgIpc) is 2.64. The number of hydrogen-bond donors (Lipinski definition) is 0. The van der Waals surface area contributed by atoms with Crippen LogP contribution in [-0.4, -0.2) is 6.13 Å². The van der Waals surface area contributed by atoms with Crippen LogP contribution in [0.25, 0.3) is 22.3 Å². The molecule has 1 heterocycles. The van der Waals surface area contributed by atoms with E-state index in [9.17, 15) is 0 Å². The van der Waals surface area contributed by atoms with Crippen LogP contribution in [0.2, 0.25) is 0 Å². The molecule has 1 aliphatic heterocycles. The topological polar surface area (TPSA) is 0 Å². The third-order valence-electron chi connectivity index (χ3n) is 4.66. The summed E-state index contributed by atoms with van der Waals surface area (Å²) in [6.07, 6.45) is -0.111. The summed E-state index contributed by atoms with van der Waals surface area (Å²) in [6.45, 7) is 4.31. The molecule has 0 radical (unpaired) electrons. The maximum Gasteiger partial charge on any atom is 0.317 e. The molecule has 0 atom stereocenters. The molecule has 0 nitrogen and oxygen atoms in total. The highest BCUT2D eigenvalue weighted by Gasteiger charge is 2.30. The van der Waals surface area contributed by atoms with Gasteiger partial charge in [0.25, 0.3) is 0 Å². The predicted molar refractivity (Wildman–Crippen MR) is 97.7 cm³/mol. The lowest BCUT2D eigenvalue weighted by Crippen LogP contribution is -2.41. The summed E-state index contributed by atoms with van der Waals surface area (Å²) in [7, 11) is 0. The summed E-state index contributed by atoms with van der Waals surface area (Å²) in [5.41, 5.74) is 10.0. The largest absolute Gasteiger partial charge is 0.317 e. The first kappa shape index (κ1) is 13.7. The monoisotopic (exact) mass is 302 g/mol. The fraction of sp³-hybridized carbons (Fsp3) is 0.100. The molecule has 0 bridgehead atoms. The zero-order valence-corrected chi connectivity index (χ0v) is 13.5. The van der Waals surface area contributed by atoms with E-state index in [1.165, 1.54) is 44.3 Å². The number of aryl methyl sites for hydroxylation is 2. The molecular weight excluding hydrogens is 286 g/mol. The van der Waals surface area contributed by atoms with Crippen molar-refractivity contribution in [3.05, 3.63) is 71.8 Å². The Hall–Kier alpha value is -1.99. The van der Waals surface area contributed by atoms with Crippen LogP contribution >= 0.6 is 11.5 Å². The quantitative estimate of drug-likeness (QED) is 0.543. The molecule has 0 saturated carbocycles. The van der Waals surface area contributed by atoms with Gasteiger partial charge in [-0.3, -0.25) is 0 Å². The van der Waals surface area contributed by atoms with E-state index in [2.05, 4.69) is 74.5 Å². The van der Waals surface area contributed by atoms with Gasteiger partial charge in [-0.2, -0.15) is 11.5 Å². The first-order valence-corrected chi connectivity index (χ1v) is 8.05. The average molecular weight is 303 g/mol. The van der Waals surface area contributed by atoms with Crippen LogP contribution in [0, 0.1) is 13.8 Å². The maximum absolute atomic E-state index is 6.98.